The van der Waals surface area contributed by atoms with E-state index < -0.39 is 0 Å². The molecule has 0 nitrogen and oxygen atoms in total. The third kappa shape index (κ3) is 24.7. The summed E-state index contributed by atoms with van der Waals surface area (Å²) in [7, 11) is 0. The Balaban J connectivity index is 3.43. The van der Waals surface area contributed by atoms with Crippen molar-refractivity contribution >= 4 is 0 Å². The lowest BCUT2D eigenvalue weighted by atomic mass is 10.1. The Labute approximate surface area is 177 Å². The zero-order valence-electron chi connectivity index (χ0n) is 19.0. The average molecular weight is 384 g/mol. The molecule has 0 aliphatic rings. The summed E-state index contributed by atoms with van der Waals surface area (Å²) in [6.07, 6.45) is 44.0. The minimum absolute atomic E-state index is 1.20. The molecule has 0 aromatic heterocycles. The van der Waals surface area contributed by atoms with Gasteiger partial charge in [0.2, 0.25) is 0 Å². The smallest absolute Gasteiger partial charge is 0.0184 e. The number of unbranched alkanes of at least 4 members (excludes halogenated alkanes) is 14. The van der Waals surface area contributed by atoms with E-state index in [0.29, 0.717) is 0 Å². The van der Waals surface area contributed by atoms with Gasteiger partial charge < -0.3 is 0 Å². The highest BCUT2D eigenvalue weighted by Crippen LogP contribution is 2.10. The molecule has 0 rings (SSSR count). The third-order valence-electron chi connectivity index (χ3n) is 4.94. The van der Waals surface area contributed by atoms with Crippen LogP contribution in [0.5, 0.6) is 0 Å². The molecule has 0 spiro atoms. The summed E-state index contributed by atoms with van der Waals surface area (Å²) in [6, 6.07) is 0. The highest BCUT2D eigenvalue weighted by molar-refractivity contribution is 5.14. The van der Waals surface area contributed by atoms with Crippen LogP contribution in [-0.4, -0.2) is 0 Å². The predicted octanol–water partition coefficient (Wildman–Crippen LogP) is 9.85. The average Bonchev–Trinajstić information content (AvgIpc) is 2.71. The van der Waals surface area contributed by atoms with Crippen LogP contribution in [0.15, 0.2) is 54.7 Å². The molecule has 0 saturated heterocycles. The molecule has 159 valence electrons. The molecule has 0 heterocycles. The van der Waals surface area contributed by atoms with Crippen LogP contribution in [0.4, 0.5) is 0 Å². The molecule has 0 aliphatic carbocycles. The summed E-state index contributed by atoms with van der Waals surface area (Å²) < 4.78 is 0. The van der Waals surface area contributed by atoms with Gasteiger partial charge in [-0.05, 0) is 31.8 Å². The first kappa shape index (κ1) is 26.7. The molecule has 1 radical (unpaired) electrons. The maximum absolute atomic E-state index is 3.17. The van der Waals surface area contributed by atoms with Gasteiger partial charge in [0.25, 0.3) is 0 Å². The maximum Gasteiger partial charge on any atom is -0.0184 e. The number of hydrogen-bond donors (Lipinski definition) is 0. The lowest BCUT2D eigenvalue weighted by Crippen LogP contribution is -1.79. The zero-order valence-corrected chi connectivity index (χ0v) is 19.0. The highest BCUT2D eigenvalue weighted by atomic mass is 14.0. The first-order valence-corrected chi connectivity index (χ1v) is 12.1. The molecule has 0 heteroatoms. The third-order valence-corrected chi connectivity index (χ3v) is 4.94. The van der Waals surface area contributed by atoms with Crippen molar-refractivity contribution in [2.24, 2.45) is 0 Å². The highest BCUT2D eigenvalue weighted by Gasteiger charge is 1.90. The minimum Gasteiger partial charge on any atom is -0.0845 e. The molecule has 0 saturated carbocycles. The zero-order chi connectivity index (χ0) is 20.4. The first-order valence-electron chi connectivity index (χ1n) is 12.1. The molecular formula is C28H47. The van der Waals surface area contributed by atoms with Crippen LogP contribution >= 0.6 is 0 Å². The number of allylic oxidation sites excluding steroid dienone is 10. The Morgan fingerprint density at radius 2 is 0.929 bits per heavy atom. The Morgan fingerprint density at radius 3 is 1.46 bits per heavy atom. The minimum atomic E-state index is 1.20. The number of hydrogen-bond acceptors (Lipinski definition) is 0. The molecular weight excluding hydrogens is 336 g/mol. The van der Waals surface area contributed by atoms with Crippen LogP contribution < -0.4 is 0 Å². The van der Waals surface area contributed by atoms with Crippen molar-refractivity contribution in [2.45, 2.75) is 117 Å². The summed E-state index contributed by atoms with van der Waals surface area (Å²) in [6.45, 7) is 4.55. The van der Waals surface area contributed by atoms with Gasteiger partial charge in [-0.1, -0.05) is 146 Å². The standard InChI is InChI=1S/C28H47/c1-3-5-7-9-11-13-15-17-19-21-23-25-27-28-26-24-22-20-18-16-14-12-10-8-6-4-2/h17,19,21-26,28H,3-16,18,20H2,1-2H3. The van der Waals surface area contributed by atoms with E-state index >= 15 is 0 Å². The summed E-state index contributed by atoms with van der Waals surface area (Å²) >= 11 is 0. The van der Waals surface area contributed by atoms with Gasteiger partial charge in [0.15, 0.2) is 0 Å². The normalized spacial score (nSPS) is 12.8. The second-order valence-electron chi connectivity index (χ2n) is 7.75. The van der Waals surface area contributed by atoms with Gasteiger partial charge in [-0.3, -0.25) is 0 Å². The van der Waals surface area contributed by atoms with Crippen molar-refractivity contribution in [3.8, 4) is 0 Å². The maximum atomic E-state index is 3.17. The fourth-order valence-electron chi connectivity index (χ4n) is 3.13. The van der Waals surface area contributed by atoms with E-state index in [1.54, 1.807) is 0 Å². The van der Waals surface area contributed by atoms with Gasteiger partial charge >= 0.3 is 0 Å². The topological polar surface area (TPSA) is 0 Å². The van der Waals surface area contributed by atoms with E-state index in [4.69, 9.17) is 0 Å². The summed E-state index contributed by atoms with van der Waals surface area (Å²) in [5, 5.41) is 0. The van der Waals surface area contributed by atoms with Crippen molar-refractivity contribution in [1.29, 1.82) is 0 Å². The van der Waals surface area contributed by atoms with Gasteiger partial charge in [-0.2, -0.15) is 0 Å². The van der Waals surface area contributed by atoms with Crippen molar-refractivity contribution < 1.29 is 0 Å². The van der Waals surface area contributed by atoms with Crippen LogP contribution in [0.25, 0.3) is 0 Å². The molecule has 0 aromatic rings. The Kier molecular flexibility index (Phi) is 24.5. The summed E-state index contributed by atoms with van der Waals surface area (Å²) in [5.74, 6) is 0. The molecule has 0 aromatic carbocycles. The summed E-state index contributed by atoms with van der Waals surface area (Å²) in [4.78, 5) is 0. The second-order valence-corrected chi connectivity index (χ2v) is 7.75. The van der Waals surface area contributed by atoms with E-state index in [2.05, 4.69) is 56.4 Å². The van der Waals surface area contributed by atoms with Gasteiger partial charge in [0.05, 0.1) is 0 Å². The van der Waals surface area contributed by atoms with Crippen LogP contribution in [0.1, 0.15) is 117 Å². The van der Waals surface area contributed by atoms with E-state index in [9.17, 15) is 0 Å². The van der Waals surface area contributed by atoms with Crippen molar-refractivity contribution in [3.63, 3.8) is 0 Å². The van der Waals surface area contributed by atoms with Gasteiger partial charge in [-0.15, -0.1) is 0 Å². The van der Waals surface area contributed by atoms with Crippen molar-refractivity contribution in [3.05, 3.63) is 60.8 Å². The molecule has 0 N–H and O–H groups in total. The van der Waals surface area contributed by atoms with E-state index in [0.717, 1.165) is 0 Å². The Hall–Kier alpha value is -1.30. The van der Waals surface area contributed by atoms with Crippen LogP contribution in [0.3, 0.4) is 0 Å². The van der Waals surface area contributed by atoms with Crippen molar-refractivity contribution in [1.82, 2.24) is 0 Å². The fraction of sp³-hybridized carbons (Fsp3) is 0.643. The second kappa shape index (κ2) is 25.7. The molecule has 0 atom stereocenters. The quantitative estimate of drug-likeness (QED) is 0.145. The Morgan fingerprint density at radius 1 is 0.464 bits per heavy atom. The molecule has 0 bridgehead atoms. The molecule has 0 unspecified atom stereocenters. The SMILES string of the molecule is CCCCCCCCC=CC=C/C=[C]/C=CC=CCCCCCCCCCC. The summed E-state index contributed by atoms with van der Waals surface area (Å²) in [5.41, 5.74) is 0. The van der Waals surface area contributed by atoms with Gasteiger partial charge in [0, 0.05) is 0 Å². The largest absolute Gasteiger partial charge is 0.0845 e. The van der Waals surface area contributed by atoms with E-state index in [-0.39, 0.29) is 0 Å². The monoisotopic (exact) mass is 383 g/mol. The fourth-order valence-corrected chi connectivity index (χ4v) is 3.13. The van der Waals surface area contributed by atoms with E-state index in [1.807, 2.05) is 18.2 Å². The first-order chi connectivity index (χ1) is 13.9. The molecule has 0 fully saturated rings. The predicted molar refractivity (Wildman–Crippen MR) is 130 cm³/mol. The van der Waals surface area contributed by atoms with Crippen LogP contribution in [-0.2, 0) is 0 Å². The van der Waals surface area contributed by atoms with Gasteiger partial charge in [0.1, 0.15) is 0 Å². The Bertz CT molecular complexity index is 419. The molecule has 0 amide bonds. The molecule has 28 heavy (non-hydrogen) atoms. The van der Waals surface area contributed by atoms with Crippen molar-refractivity contribution in [2.75, 3.05) is 0 Å². The lowest BCUT2D eigenvalue weighted by Gasteiger charge is -1.99. The van der Waals surface area contributed by atoms with Crippen LogP contribution in [0, 0.1) is 6.08 Å². The van der Waals surface area contributed by atoms with E-state index in [1.165, 1.54) is 103 Å². The van der Waals surface area contributed by atoms with Crippen LogP contribution in [0.2, 0.25) is 0 Å². The molecule has 0 aliphatic heterocycles. The lowest BCUT2D eigenvalue weighted by molar-refractivity contribution is 0.577. The van der Waals surface area contributed by atoms with Gasteiger partial charge in [-0.25, -0.2) is 0 Å². The number of rotatable bonds is 20.